The first-order chi connectivity index (χ1) is 1.00. The summed E-state index contributed by atoms with van der Waals surface area (Å²) in [5.41, 5.74) is 0. The maximum absolute atomic E-state index is 3.83. The third kappa shape index (κ3) is 10.7. The Labute approximate surface area is 48.3 Å². The fraction of sp³-hybridized carbons (Fsp3) is 0. The van der Waals surface area contributed by atoms with Gasteiger partial charge in [0.25, 0.3) is 0 Å². The maximum atomic E-state index is 3.83. The van der Waals surface area contributed by atoms with Crippen molar-refractivity contribution >= 4 is 10.6 Å². The van der Waals surface area contributed by atoms with E-state index < -0.39 is 0 Å². The molecule has 0 aliphatic heterocycles. The summed E-state index contributed by atoms with van der Waals surface area (Å²) in [6.07, 6.45) is 0. The molecule has 0 aromatic rings. The molecule has 3 N–H and O–H groups in total. The van der Waals surface area contributed by atoms with Gasteiger partial charge in [0, 0.05) is 17.1 Å². The van der Waals surface area contributed by atoms with E-state index in [0.717, 1.165) is 0 Å². The molecule has 0 aliphatic rings. The minimum absolute atomic E-state index is 0. The standard InChI is InChI=1S/Cu.Fe.H3N.S/h;;1H3;. The molecule has 33 valence electrons. The van der Waals surface area contributed by atoms with Crippen molar-refractivity contribution in [2.75, 3.05) is 0 Å². The summed E-state index contributed by atoms with van der Waals surface area (Å²) in [5.74, 6) is 0. The molecule has 0 aliphatic carbocycles. The molecule has 0 aromatic carbocycles. The van der Waals surface area contributed by atoms with Crippen molar-refractivity contribution in [2.24, 2.45) is 0 Å². The molecule has 4 heavy (non-hydrogen) atoms. The number of hydrogen-bond donors (Lipinski definition) is 1. The van der Waals surface area contributed by atoms with E-state index in [1.807, 2.05) is 0 Å². The number of rotatable bonds is 0. The van der Waals surface area contributed by atoms with Gasteiger partial charge in [-0.05, 0) is 0 Å². The SMILES string of the molecule is N.[Cu].[S]=[Fe]. The summed E-state index contributed by atoms with van der Waals surface area (Å²) in [4.78, 5) is 0. The Morgan fingerprint density at radius 1 is 1.25 bits per heavy atom. The predicted molar refractivity (Wildman–Crippen MR) is 12.6 cm³/mol. The molecule has 0 saturated carbocycles. The van der Waals surface area contributed by atoms with Crippen LogP contribution in [0.4, 0.5) is 0 Å². The second-order valence-electron chi connectivity index (χ2n) is 0. The van der Waals surface area contributed by atoms with Crippen molar-refractivity contribution in [3.8, 4) is 0 Å². The molecule has 0 atom stereocenters. The molecule has 1 radical (unpaired) electrons. The van der Waals surface area contributed by atoms with Gasteiger partial charge in [-0.2, -0.15) is 0 Å². The second kappa shape index (κ2) is 29.4. The van der Waals surface area contributed by atoms with Crippen molar-refractivity contribution in [1.29, 1.82) is 0 Å². The zero-order chi connectivity index (χ0) is 2.00. The van der Waals surface area contributed by atoms with Crippen molar-refractivity contribution in [1.82, 2.24) is 6.15 Å². The average molecular weight is 168 g/mol. The number of hydrogen-bond acceptors (Lipinski definition) is 2. The van der Waals surface area contributed by atoms with E-state index in [0.29, 0.717) is 0 Å². The first kappa shape index (κ1) is 18.9. The Hall–Kier alpha value is 1.22. The predicted octanol–water partition coefficient (Wildman–Crippen LogP) is 0.805. The summed E-state index contributed by atoms with van der Waals surface area (Å²) in [6, 6.07) is 0. The third-order valence-electron chi connectivity index (χ3n) is 0. The summed E-state index contributed by atoms with van der Waals surface area (Å²) in [5, 5.41) is 0. The Bertz CT molecular complexity index is 8.00. The molecule has 0 rings (SSSR count). The molecule has 0 saturated heterocycles. The molecule has 0 bridgehead atoms. The summed E-state index contributed by atoms with van der Waals surface area (Å²) in [7, 11) is 3.83. The molecule has 0 aromatic heterocycles. The Kier molecular flexibility index (Phi) is 139. The van der Waals surface area contributed by atoms with Crippen LogP contribution in [0.1, 0.15) is 0 Å². The van der Waals surface area contributed by atoms with Crippen molar-refractivity contribution in [3.63, 3.8) is 0 Å². The normalized spacial score (nSPS) is 1.25. The molecule has 0 amide bonds. The molecule has 4 heteroatoms. The molecular weight excluding hydrogens is 165 g/mol. The zero-order valence-electron chi connectivity index (χ0n) is 1.77. The van der Waals surface area contributed by atoms with Gasteiger partial charge in [-0.25, -0.2) is 0 Å². The second-order valence-corrected chi connectivity index (χ2v) is 0. The van der Waals surface area contributed by atoms with Gasteiger partial charge in [-0.1, -0.05) is 0 Å². The molecule has 0 fully saturated rings. The van der Waals surface area contributed by atoms with Crippen LogP contribution >= 0.6 is 10.6 Å². The first-order valence-electron chi connectivity index (χ1n) is 0.144. The minimum atomic E-state index is 0. The van der Waals surface area contributed by atoms with Gasteiger partial charge < -0.3 is 6.15 Å². The van der Waals surface area contributed by atoms with E-state index in [9.17, 15) is 0 Å². The summed E-state index contributed by atoms with van der Waals surface area (Å²) in [6.45, 7) is 0. The first-order valence-corrected chi connectivity index (χ1v) is 1.79. The summed E-state index contributed by atoms with van der Waals surface area (Å²) >= 11 is 2.83. The van der Waals surface area contributed by atoms with Gasteiger partial charge in [0.05, 0.1) is 0 Å². The zero-order valence-corrected chi connectivity index (χ0v) is 4.63. The molecule has 1 nitrogen and oxygen atoms in total. The van der Waals surface area contributed by atoms with Gasteiger partial charge in [-0.15, -0.1) is 0 Å². The van der Waals surface area contributed by atoms with Gasteiger partial charge in [0.1, 0.15) is 0 Å². The van der Waals surface area contributed by atoms with Crippen LogP contribution in [0.5, 0.6) is 0 Å². The van der Waals surface area contributed by atoms with Crippen LogP contribution in [0.3, 0.4) is 0 Å². The van der Waals surface area contributed by atoms with E-state index in [1.54, 1.807) is 0 Å². The van der Waals surface area contributed by atoms with Crippen LogP contribution in [0.2, 0.25) is 0 Å². The van der Waals surface area contributed by atoms with E-state index in [1.165, 1.54) is 0 Å². The Morgan fingerprint density at radius 3 is 1.25 bits per heavy atom. The fourth-order valence-electron chi connectivity index (χ4n) is 0. The van der Waals surface area contributed by atoms with Gasteiger partial charge >= 0.3 is 24.9 Å². The van der Waals surface area contributed by atoms with Crippen LogP contribution in [-0.4, -0.2) is 0 Å². The molecule has 0 heterocycles. The Morgan fingerprint density at radius 2 is 1.25 bits per heavy atom. The van der Waals surface area contributed by atoms with Crippen molar-refractivity contribution < 1.29 is 31.5 Å². The van der Waals surface area contributed by atoms with Gasteiger partial charge in [0.15, 0.2) is 0 Å². The Balaban J connectivity index is -0.00000000500. The topological polar surface area (TPSA) is 35.0 Å². The van der Waals surface area contributed by atoms with E-state index in [-0.39, 0.29) is 23.2 Å². The summed E-state index contributed by atoms with van der Waals surface area (Å²) < 4.78 is 0. The molecular formula is H3CuFeNS. The molecule has 0 spiro atoms. The third-order valence-corrected chi connectivity index (χ3v) is 0. The van der Waals surface area contributed by atoms with Crippen LogP contribution in [0.15, 0.2) is 0 Å². The van der Waals surface area contributed by atoms with E-state index in [2.05, 4.69) is 24.9 Å². The quantitative estimate of drug-likeness (QED) is 0.543. The van der Waals surface area contributed by atoms with Crippen LogP contribution in [-0.2, 0) is 31.5 Å². The fourth-order valence-corrected chi connectivity index (χ4v) is 0. The van der Waals surface area contributed by atoms with Crippen molar-refractivity contribution in [2.45, 2.75) is 0 Å². The monoisotopic (exact) mass is 168 g/mol. The van der Waals surface area contributed by atoms with E-state index in [4.69, 9.17) is 0 Å². The average Bonchev–Trinajstić information content (AvgIpc) is 1.00. The van der Waals surface area contributed by atoms with Crippen LogP contribution < -0.4 is 6.15 Å². The van der Waals surface area contributed by atoms with Gasteiger partial charge in [0.2, 0.25) is 0 Å². The molecule has 0 unspecified atom stereocenters. The van der Waals surface area contributed by atoms with Crippen LogP contribution in [0, 0.1) is 0 Å². The van der Waals surface area contributed by atoms with Crippen LogP contribution in [0.25, 0.3) is 0 Å². The van der Waals surface area contributed by atoms with E-state index >= 15 is 0 Å². The van der Waals surface area contributed by atoms with Gasteiger partial charge in [-0.3, -0.25) is 0 Å². The van der Waals surface area contributed by atoms with Crippen molar-refractivity contribution in [3.05, 3.63) is 0 Å².